The Morgan fingerprint density at radius 1 is 1.07 bits per heavy atom. The smallest absolute Gasteiger partial charge is 0.339 e. The third kappa shape index (κ3) is 3.61. The van der Waals surface area contributed by atoms with Gasteiger partial charge in [0.1, 0.15) is 17.1 Å². The molecule has 0 bridgehead atoms. The molecule has 0 aliphatic rings. The highest BCUT2D eigenvalue weighted by Gasteiger charge is 2.20. The molecule has 0 saturated carbocycles. The number of carboxylic acids is 1. The van der Waals surface area contributed by atoms with E-state index in [4.69, 9.17) is 9.52 Å². The molecular formula is C18H12N2O7. The molecule has 0 radical (unpaired) electrons. The maximum absolute atomic E-state index is 12.3. The number of para-hydroxylation sites is 1. The van der Waals surface area contributed by atoms with Crippen molar-refractivity contribution in [3.63, 3.8) is 0 Å². The highest BCUT2D eigenvalue weighted by Crippen LogP contribution is 2.31. The van der Waals surface area contributed by atoms with Crippen molar-refractivity contribution in [2.45, 2.75) is 0 Å². The van der Waals surface area contributed by atoms with E-state index < -0.39 is 22.5 Å². The van der Waals surface area contributed by atoms with Crippen LogP contribution in [0.15, 0.2) is 59.0 Å². The Bertz CT molecular complexity index is 1060. The summed E-state index contributed by atoms with van der Waals surface area (Å²) in [5.41, 5.74) is -0.172. The van der Waals surface area contributed by atoms with E-state index in [0.717, 1.165) is 12.1 Å². The molecule has 3 aromatic rings. The molecule has 0 aliphatic heterocycles. The van der Waals surface area contributed by atoms with Crippen LogP contribution in [0.3, 0.4) is 0 Å². The third-order valence-corrected chi connectivity index (χ3v) is 3.68. The van der Waals surface area contributed by atoms with Gasteiger partial charge in [-0.2, -0.15) is 0 Å². The first kappa shape index (κ1) is 17.7. The molecule has 0 unspecified atom stereocenters. The van der Waals surface area contributed by atoms with E-state index in [1.807, 2.05) is 0 Å². The van der Waals surface area contributed by atoms with Crippen molar-refractivity contribution < 1.29 is 29.1 Å². The number of phenols is 1. The van der Waals surface area contributed by atoms with Crippen molar-refractivity contribution in [3.8, 4) is 17.1 Å². The second-order valence-electron chi connectivity index (χ2n) is 5.43. The molecule has 136 valence electrons. The lowest BCUT2D eigenvalue weighted by Gasteiger charge is -2.06. The number of carbonyl (C=O) groups excluding carboxylic acids is 1. The van der Waals surface area contributed by atoms with Crippen molar-refractivity contribution in [1.29, 1.82) is 0 Å². The quantitative estimate of drug-likeness (QED) is 0.355. The number of rotatable bonds is 5. The number of hydrogen-bond acceptors (Lipinski definition) is 6. The zero-order valence-electron chi connectivity index (χ0n) is 13.6. The van der Waals surface area contributed by atoms with Crippen LogP contribution in [0.4, 0.5) is 11.4 Å². The van der Waals surface area contributed by atoms with Crippen LogP contribution in [-0.2, 0) is 0 Å². The number of aromatic hydroxyl groups is 1. The molecular weight excluding hydrogens is 356 g/mol. The summed E-state index contributed by atoms with van der Waals surface area (Å²) in [6, 6.07) is 12.3. The molecule has 9 nitrogen and oxygen atoms in total. The Hall–Kier alpha value is -4.14. The Morgan fingerprint density at radius 3 is 2.52 bits per heavy atom. The molecule has 0 atom stereocenters. The molecule has 27 heavy (non-hydrogen) atoms. The first-order chi connectivity index (χ1) is 12.9. The first-order valence-electron chi connectivity index (χ1n) is 7.58. The van der Waals surface area contributed by atoms with E-state index in [1.165, 1.54) is 36.4 Å². The average molecular weight is 368 g/mol. The predicted molar refractivity (Wildman–Crippen MR) is 93.8 cm³/mol. The van der Waals surface area contributed by atoms with Crippen molar-refractivity contribution in [2.24, 2.45) is 0 Å². The highest BCUT2D eigenvalue weighted by molar-refractivity contribution is 6.03. The molecule has 0 spiro atoms. The van der Waals surface area contributed by atoms with E-state index in [2.05, 4.69) is 5.32 Å². The van der Waals surface area contributed by atoms with Crippen molar-refractivity contribution in [3.05, 3.63) is 76.0 Å². The number of carboxylic acid groups (broad SMARTS) is 1. The summed E-state index contributed by atoms with van der Waals surface area (Å²) in [7, 11) is 0. The standard InChI is InChI=1S/C18H12N2O7/c21-14-6-5-10(9-12(14)18(23)24)19-17(22)16-8-7-15(27-16)11-3-1-2-4-13(11)20(25)26/h1-9,21H,(H,19,22)(H,23,24). The van der Waals surface area contributed by atoms with Crippen LogP contribution in [0.1, 0.15) is 20.9 Å². The number of aromatic carboxylic acids is 1. The molecule has 1 heterocycles. The zero-order chi connectivity index (χ0) is 19.6. The predicted octanol–water partition coefficient (Wildman–Crippen LogP) is 3.51. The lowest BCUT2D eigenvalue weighted by atomic mass is 10.1. The molecule has 1 aromatic heterocycles. The maximum atomic E-state index is 12.3. The number of amides is 1. The summed E-state index contributed by atoms with van der Waals surface area (Å²) in [6.07, 6.45) is 0. The summed E-state index contributed by atoms with van der Waals surface area (Å²) >= 11 is 0. The molecule has 3 N–H and O–H groups in total. The normalized spacial score (nSPS) is 10.4. The number of furan rings is 1. The van der Waals surface area contributed by atoms with E-state index >= 15 is 0 Å². The Kier molecular flexibility index (Phi) is 4.58. The highest BCUT2D eigenvalue weighted by atomic mass is 16.6. The zero-order valence-corrected chi connectivity index (χ0v) is 13.6. The summed E-state index contributed by atoms with van der Waals surface area (Å²) in [5.74, 6) is -2.43. The fourth-order valence-electron chi connectivity index (χ4n) is 2.42. The number of carbonyl (C=O) groups is 2. The molecule has 0 fully saturated rings. The Labute approximate surface area is 151 Å². The van der Waals surface area contributed by atoms with E-state index in [9.17, 15) is 24.8 Å². The lowest BCUT2D eigenvalue weighted by Crippen LogP contribution is -2.11. The van der Waals surface area contributed by atoms with Crippen LogP contribution < -0.4 is 5.32 Å². The topological polar surface area (TPSA) is 143 Å². The molecule has 0 aliphatic carbocycles. The number of nitrogens with one attached hydrogen (secondary N) is 1. The fraction of sp³-hybridized carbons (Fsp3) is 0. The van der Waals surface area contributed by atoms with Crippen LogP contribution >= 0.6 is 0 Å². The number of nitro benzene ring substituents is 1. The van der Waals surface area contributed by atoms with E-state index in [-0.39, 0.29) is 34.0 Å². The summed E-state index contributed by atoms with van der Waals surface area (Å²) in [5, 5.41) is 32.0. The molecule has 1 amide bonds. The number of anilines is 1. The van der Waals surface area contributed by atoms with Gasteiger partial charge in [-0.15, -0.1) is 0 Å². The van der Waals surface area contributed by atoms with Gasteiger partial charge in [-0.25, -0.2) is 4.79 Å². The third-order valence-electron chi connectivity index (χ3n) is 3.68. The van der Waals surface area contributed by atoms with Crippen LogP contribution in [0.25, 0.3) is 11.3 Å². The van der Waals surface area contributed by atoms with E-state index in [0.29, 0.717) is 0 Å². The van der Waals surface area contributed by atoms with Gasteiger partial charge in [-0.05, 0) is 36.4 Å². The summed E-state index contributed by atoms with van der Waals surface area (Å²) in [6.45, 7) is 0. The van der Waals surface area contributed by atoms with Gasteiger partial charge in [0.05, 0.1) is 10.5 Å². The van der Waals surface area contributed by atoms with Crippen LogP contribution in [0.5, 0.6) is 5.75 Å². The monoisotopic (exact) mass is 368 g/mol. The van der Waals surface area contributed by atoms with Gasteiger partial charge in [0.2, 0.25) is 0 Å². The molecule has 9 heteroatoms. The van der Waals surface area contributed by atoms with Gasteiger partial charge in [0.25, 0.3) is 11.6 Å². The maximum Gasteiger partial charge on any atom is 0.339 e. The molecule has 3 rings (SSSR count). The average Bonchev–Trinajstić information content (AvgIpc) is 3.13. The SMILES string of the molecule is O=C(Nc1ccc(O)c(C(=O)O)c1)c1ccc(-c2ccccc2[N+](=O)[O-])o1. The number of hydrogen-bond donors (Lipinski definition) is 3. The van der Waals surface area contributed by atoms with Gasteiger partial charge in [0, 0.05) is 11.8 Å². The molecule has 0 saturated heterocycles. The Balaban J connectivity index is 1.85. The van der Waals surface area contributed by atoms with Gasteiger partial charge >= 0.3 is 5.97 Å². The second kappa shape index (κ2) is 7.00. The minimum atomic E-state index is -1.35. The van der Waals surface area contributed by atoms with Gasteiger partial charge < -0.3 is 19.9 Å². The molecule has 2 aromatic carbocycles. The van der Waals surface area contributed by atoms with Crippen LogP contribution in [0.2, 0.25) is 0 Å². The number of nitrogens with zero attached hydrogens (tertiary/aromatic N) is 1. The van der Waals surface area contributed by atoms with Gasteiger partial charge in [-0.3, -0.25) is 14.9 Å². The minimum Gasteiger partial charge on any atom is -0.507 e. The summed E-state index contributed by atoms with van der Waals surface area (Å²) in [4.78, 5) is 33.9. The van der Waals surface area contributed by atoms with Crippen molar-refractivity contribution in [1.82, 2.24) is 0 Å². The van der Waals surface area contributed by atoms with Crippen LogP contribution in [0, 0.1) is 10.1 Å². The Morgan fingerprint density at radius 2 is 1.81 bits per heavy atom. The number of nitro groups is 1. The van der Waals surface area contributed by atoms with Crippen LogP contribution in [-0.4, -0.2) is 27.0 Å². The first-order valence-corrected chi connectivity index (χ1v) is 7.58. The lowest BCUT2D eigenvalue weighted by molar-refractivity contribution is -0.384. The second-order valence-corrected chi connectivity index (χ2v) is 5.43. The van der Waals surface area contributed by atoms with Gasteiger partial charge in [-0.1, -0.05) is 12.1 Å². The number of benzene rings is 2. The van der Waals surface area contributed by atoms with E-state index in [1.54, 1.807) is 6.07 Å². The van der Waals surface area contributed by atoms with Crippen molar-refractivity contribution >= 4 is 23.3 Å². The fourth-order valence-corrected chi connectivity index (χ4v) is 2.42. The van der Waals surface area contributed by atoms with Gasteiger partial charge in [0.15, 0.2) is 5.76 Å². The summed E-state index contributed by atoms with van der Waals surface area (Å²) < 4.78 is 5.41. The van der Waals surface area contributed by atoms with Crippen molar-refractivity contribution in [2.75, 3.05) is 5.32 Å². The minimum absolute atomic E-state index is 0.117. The largest absolute Gasteiger partial charge is 0.507 e.